The van der Waals surface area contributed by atoms with Crippen molar-refractivity contribution in [1.82, 2.24) is 4.72 Å². The summed E-state index contributed by atoms with van der Waals surface area (Å²) in [5, 5.41) is 0. The number of alkyl halides is 2. The molecule has 0 aromatic heterocycles. The summed E-state index contributed by atoms with van der Waals surface area (Å²) >= 11 is 0. The minimum absolute atomic E-state index is 0.0789. The van der Waals surface area contributed by atoms with Crippen LogP contribution < -0.4 is 4.72 Å². The topological polar surface area (TPSA) is 55.4 Å². The first kappa shape index (κ1) is 11.8. The van der Waals surface area contributed by atoms with Crippen molar-refractivity contribution in [3.8, 4) is 0 Å². The van der Waals surface area contributed by atoms with Crippen molar-refractivity contribution in [2.75, 3.05) is 6.54 Å². The van der Waals surface area contributed by atoms with Crippen LogP contribution in [0.2, 0.25) is 0 Å². The number of nitrogens with one attached hydrogen (secondary N) is 1. The Balaban J connectivity index is 1.78. The van der Waals surface area contributed by atoms with Crippen molar-refractivity contribution in [3.05, 3.63) is 0 Å². The quantitative estimate of drug-likeness (QED) is 0.722. The molecular formula is C10H15F2NO3S. The molecule has 4 nitrogen and oxygen atoms in total. The van der Waals surface area contributed by atoms with Crippen molar-refractivity contribution < 1.29 is 21.4 Å². The van der Waals surface area contributed by atoms with Crippen LogP contribution in [0.5, 0.6) is 0 Å². The van der Waals surface area contributed by atoms with Crippen LogP contribution in [0, 0.1) is 11.8 Å². The number of fused-ring (bicyclic) bond motifs is 1. The average Bonchev–Trinajstić information content (AvgIpc) is 2.64. The number of halogens is 2. The van der Waals surface area contributed by atoms with E-state index in [0.717, 1.165) is 0 Å². The predicted molar refractivity (Wildman–Crippen MR) is 55.8 cm³/mol. The lowest BCUT2D eigenvalue weighted by Gasteiger charge is -2.31. The maximum absolute atomic E-state index is 13.3. The number of hydrogen-bond acceptors (Lipinski definition) is 3. The van der Waals surface area contributed by atoms with Crippen molar-refractivity contribution in [2.45, 2.75) is 43.6 Å². The molecule has 1 saturated heterocycles. The molecule has 1 heterocycles. The van der Waals surface area contributed by atoms with Gasteiger partial charge in [-0.3, -0.25) is 0 Å². The molecule has 1 N–H and O–H groups in total. The van der Waals surface area contributed by atoms with Crippen LogP contribution in [0.4, 0.5) is 8.78 Å². The summed E-state index contributed by atoms with van der Waals surface area (Å²) in [6.45, 7) is 0.230. The molecule has 3 atom stereocenters. The van der Waals surface area contributed by atoms with Gasteiger partial charge >= 0.3 is 10.3 Å². The first-order valence-electron chi connectivity index (χ1n) is 5.87. The first-order valence-corrected chi connectivity index (χ1v) is 7.28. The van der Waals surface area contributed by atoms with Gasteiger partial charge in [0.15, 0.2) is 0 Å². The Hall–Kier alpha value is -0.270. The molecule has 0 amide bonds. The molecule has 98 valence electrons. The van der Waals surface area contributed by atoms with E-state index in [1.54, 1.807) is 0 Å². The van der Waals surface area contributed by atoms with Gasteiger partial charge in [-0.05, 0) is 31.1 Å². The summed E-state index contributed by atoms with van der Waals surface area (Å²) in [7, 11) is -3.65. The molecule has 3 fully saturated rings. The maximum Gasteiger partial charge on any atom is 0.336 e. The smallest absolute Gasteiger partial charge is 0.250 e. The van der Waals surface area contributed by atoms with Crippen molar-refractivity contribution in [2.24, 2.45) is 11.8 Å². The Kier molecular flexibility index (Phi) is 2.35. The second kappa shape index (κ2) is 3.39. The Labute approximate surface area is 99.0 Å². The van der Waals surface area contributed by atoms with Gasteiger partial charge in [0.05, 0.1) is 0 Å². The van der Waals surface area contributed by atoms with Gasteiger partial charge in [-0.1, -0.05) is 0 Å². The molecule has 2 aliphatic carbocycles. The Bertz CT molecular complexity index is 439. The fourth-order valence-corrected chi connectivity index (χ4v) is 4.71. The average molecular weight is 267 g/mol. The predicted octanol–water partition coefficient (Wildman–Crippen LogP) is 1.44. The molecule has 3 rings (SSSR count). The molecule has 1 spiro atoms. The molecular weight excluding hydrogens is 252 g/mol. The molecule has 7 heteroatoms. The molecule has 0 radical (unpaired) electrons. The Morgan fingerprint density at radius 1 is 1.18 bits per heavy atom. The summed E-state index contributed by atoms with van der Waals surface area (Å²) in [6.07, 6.45) is 1.29. The molecule has 0 aromatic rings. The fourth-order valence-electron chi connectivity index (χ4n) is 3.56. The monoisotopic (exact) mass is 267 g/mol. The minimum Gasteiger partial charge on any atom is -0.250 e. The van der Waals surface area contributed by atoms with Gasteiger partial charge < -0.3 is 0 Å². The molecule has 2 saturated carbocycles. The highest BCUT2D eigenvalue weighted by Gasteiger charge is 2.56. The van der Waals surface area contributed by atoms with Crippen molar-refractivity contribution >= 4 is 10.3 Å². The van der Waals surface area contributed by atoms with Crippen LogP contribution in [0.15, 0.2) is 0 Å². The zero-order valence-electron chi connectivity index (χ0n) is 9.29. The lowest BCUT2D eigenvalue weighted by Crippen LogP contribution is -2.30. The van der Waals surface area contributed by atoms with Crippen LogP contribution in [0.25, 0.3) is 0 Å². The van der Waals surface area contributed by atoms with Gasteiger partial charge in [0, 0.05) is 19.4 Å². The first-order chi connectivity index (χ1) is 7.79. The highest BCUT2D eigenvalue weighted by atomic mass is 32.2. The summed E-state index contributed by atoms with van der Waals surface area (Å²) in [5.41, 5.74) is -0.755. The standard InChI is InChI=1S/C10H15F2NO3S/c11-10(12)2-1-7-3-9(4-8(7)5-10)6-13-17(14,15)16-9/h7-8,13H,1-6H2/t7-,8?,9?/m0/s1. The van der Waals surface area contributed by atoms with Gasteiger partial charge in [-0.2, -0.15) is 13.1 Å². The van der Waals surface area contributed by atoms with Gasteiger partial charge in [-0.15, -0.1) is 0 Å². The second-order valence-electron chi connectivity index (χ2n) is 5.57. The van der Waals surface area contributed by atoms with E-state index in [-0.39, 0.29) is 31.2 Å². The summed E-state index contributed by atoms with van der Waals surface area (Å²) in [6, 6.07) is 0. The largest absolute Gasteiger partial charge is 0.336 e. The van der Waals surface area contributed by atoms with E-state index in [1.807, 2.05) is 0 Å². The maximum atomic E-state index is 13.3. The number of rotatable bonds is 0. The van der Waals surface area contributed by atoms with E-state index < -0.39 is 21.8 Å². The van der Waals surface area contributed by atoms with Gasteiger partial charge in [0.25, 0.3) is 0 Å². The van der Waals surface area contributed by atoms with E-state index in [0.29, 0.717) is 19.3 Å². The summed E-state index contributed by atoms with van der Waals surface area (Å²) in [4.78, 5) is 0. The molecule has 2 unspecified atom stereocenters. The lowest BCUT2D eigenvalue weighted by molar-refractivity contribution is -0.0636. The third-order valence-electron chi connectivity index (χ3n) is 4.23. The zero-order valence-corrected chi connectivity index (χ0v) is 10.1. The Morgan fingerprint density at radius 3 is 2.53 bits per heavy atom. The Morgan fingerprint density at radius 2 is 1.88 bits per heavy atom. The third kappa shape index (κ3) is 2.08. The second-order valence-corrected chi connectivity index (χ2v) is 6.93. The molecule has 3 aliphatic rings. The van der Waals surface area contributed by atoms with Crippen LogP contribution >= 0.6 is 0 Å². The van der Waals surface area contributed by atoms with Crippen LogP contribution in [0.3, 0.4) is 0 Å². The van der Waals surface area contributed by atoms with Gasteiger partial charge in [0.1, 0.15) is 5.60 Å². The van der Waals surface area contributed by atoms with Crippen molar-refractivity contribution in [3.63, 3.8) is 0 Å². The van der Waals surface area contributed by atoms with Crippen LogP contribution in [-0.2, 0) is 14.5 Å². The van der Waals surface area contributed by atoms with E-state index in [9.17, 15) is 17.2 Å². The van der Waals surface area contributed by atoms with E-state index in [2.05, 4.69) is 4.72 Å². The van der Waals surface area contributed by atoms with Crippen LogP contribution in [0.1, 0.15) is 32.1 Å². The fraction of sp³-hybridized carbons (Fsp3) is 1.00. The SMILES string of the molecule is O=S1(=O)NCC2(CC3CC(F)(F)CC[C@H]3C2)O1. The summed E-state index contributed by atoms with van der Waals surface area (Å²) in [5.74, 6) is -2.50. The van der Waals surface area contributed by atoms with Crippen molar-refractivity contribution in [1.29, 1.82) is 0 Å². The van der Waals surface area contributed by atoms with E-state index in [1.165, 1.54) is 0 Å². The molecule has 1 aliphatic heterocycles. The highest BCUT2D eigenvalue weighted by Crippen LogP contribution is 2.53. The van der Waals surface area contributed by atoms with E-state index in [4.69, 9.17) is 4.18 Å². The normalized spacial score (nSPS) is 47.2. The van der Waals surface area contributed by atoms with Gasteiger partial charge in [-0.25, -0.2) is 13.0 Å². The lowest BCUT2D eigenvalue weighted by atomic mass is 9.80. The number of hydrogen-bond donors (Lipinski definition) is 1. The minimum atomic E-state index is -3.65. The van der Waals surface area contributed by atoms with E-state index >= 15 is 0 Å². The molecule has 17 heavy (non-hydrogen) atoms. The molecule has 0 bridgehead atoms. The highest BCUT2D eigenvalue weighted by molar-refractivity contribution is 7.85. The summed E-state index contributed by atoms with van der Waals surface area (Å²) < 4.78 is 56.5. The van der Waals surface area contributed by atoms with Crippen LogP contribution in [-0.4, -0.2) is 26.5 Å². The zero-order chi connectivity index (χ0) is 12.3. The van der Waals surface area contributed by atoms with Gasteiger partial charge in [0.2, 0.25) is 5.92 Å². The third-order valence-corrected chi connectivity index (χ3v) is 5.31. The molecule has 0 aromatic carbocycles.